The highest BCUT2D eigenvalue weighted by molar-refractivity contribution is 5.79. The van der Waals surface area contributed by atoms with E-state index >= 15 is 0 Å². The first-order chi connectivity index (χ1) is 9.24. The van der Waals surface area contributed by atoms with E-state index in [0.717, 1.165) is 17.2 Å². The Kier molecular flexibility index (Phi) is 2.66. The number of aromatic nitrogens is 2. The monoisotopic (exact) mass is 289 g/mol. The number of aryl methyl sites for hydroxylation is 1. The molecule has 0 saturated carbocycles. The fraction of sp³-hybridized carbons (Fsp3) is 0.667. The van der Waals surface area contributed by atoms with Gasteiger partial charge in [-0.15, -0.1) is 0 Å². The van der Waals surface area contributed by atoms with Gasteiger partial charge in [0, 0.05) is 7.05 Å². The van der Waals surface area contributed by atoms with Crippen molar-refractivity contribution >= 4 is 5.91 Å². The van der Waals surface area contributed by atoms with E-state index in [1.54, 1.807) is 0 Å². The lowest BCUT2D eigenvalue weighted by molar-refractivity contribution is -0.141. The maximum absolute atomic E-state index is 12.8. The van der Waals surface area contributed by atoms with Crippen LogP contribution in [0.15, 0.2) is 6.07 Å². The van der Waals surface area contributed by atoms with E-state index in [0.29, 0.717) is 12.8 Å². The number of primary amides is 1. The molecule has 0 spiro atoms. The first-order valence-corrected chi connectivity index (χ1v) is 6.33. The third-order valence-corrected chi connectivity index (χ3v) is 4.22. The number of nitrogens with two attached hydrogens (primary N) is 1. The van der Waals surface area contributed by atoms with Crippen molar-refractivity contribution in [2.75, 3.05) is 0 Å². The second kappa shape index (κ2) is 3.97. The van der Waals surface area contributed by atoms with Crippen LogP contribution in [0, 0.1) is 5.92 Å². The van der Waals surface area contributed by atoms with Crippen molar-refractivity contribution in [3.05, 3.63) is 17.5 Å². The van der Waals surface area contributed by atoms with Crippen molar-refractivity contribution in [1.29, 1.82) is 0 Å². The van der Waals surface area contributed by atoms with Gasteiger partial charge in [0.2, 0.25) is 5.91 Å². The van der Waals surface area contributed by atoms with E-state index in [-0.39, 0.29) is 11.8 Å². The molecule has 8 heteroatoms. The highest BCUT2D eigenvalue weighted by Gasteiger charge is 2.58. The number of carbonyl (C=O) groups is 1. The summed E-state index contributed by atoms with van der Waals surface area (Å²) in [7, 11) is 1.42. The lowest BCUT2D eigenvalue weighted by Crippen LogP contribution is -2.41. The number of carbonyl (C=O) groups excluding carboxylic acids is 1. The molecule has 3 atom stereocenters. The summed E-state index contributed by atoms with van der Waals surface area (Å²) >= 11 is 0. The van der Waals surface area contributed by atoms with Crippen LogP contribution < -0.4 is 5.73 Å². The van der Waals surface area contributed by atoms with Crippen LogP contribution in [0.2, 0.25) is 0 Å². The zero-order valence-electron chi connectivity index (χ0n) is 10.8. The second-order valence-electron chi connectivity index (χ2n) is 5.39. The molecule has 3 rings (SSSR count). The molecule has 2 aliphatic rings. The number of amides is 1. The minimum absolute atomic E-state index is 0.114. The summed E-state index contributed by atoms with van der Waals surface area (Å²) in [5.41, 5.74) is 3.62. The summed E-state index contributed by atoms with van der Waals surface area (Å²) in [6.07, 6.45) is -2.97. The topological polar surface area (TPSA) is 70.1 Å². The Bertz CT molecular complexity index is 569. The van der Waals surface area contributed by atoms with Crippen LogP contribution in [-0.2, 0) is 28.4 Å². The highest BCUT2D eigenvalue weighted by atomic mass is 19.4. The van der Waals surface area contributed by atoms with Crippen LogP contribution >= 0.6 is 0 Å². The van der Waals surface area contributed by atoms with Crippen LogP contribution in [-0.4, -0.2) is 21.8 Å². The summed E-state index contributed by atoms with van der Waals surface area (Å²) in [4.78, 5) is 11.6. The van der Waals surface area contributed by atoms with E-state index < -0.39 is 29.3 Å². The van der Waals surface area contributed by atoms with Gasteiger partial charge in [0.05, 0.1) is 17.7 Å². The SMILES string of the molecule is Cn1nc(C(F)(F)F)cc1C12CCC(CC1C(N)=O)O2. The van der Waals surface area contributed by atoms with Gasteiger partial charge in [-0.2, -0.15) is 18.3 Å². The van der Waals surface area contributed by atoms with Gasteiger partial charge in [0.25, 0.3) is 0 Å². The normalized spacial score (nSPS) is 32.8. The first kappa shape index (κ1) is 13.4. The summed E-state index contributed by atoms with van der Waals surface area (Å²) in [5, 5.41) is 3.49. The third-order valence-electron chi connectivity index (χ3n) is 4.22. The summed E-state index contributed by atoms with van der Waals surface area (Å²) in [6, 6.07) is 0.962. The van der Waals surface area contributed by atoms with Gasteiger partial charge in [0.1, 0.15) is 5.60 Å². The summed E-state index contributed by atoms with van der Waals surface area (Å²) in [5.74, 6) is -1.14. The molecule has 0 aromatic carbocycles. The van der Waals surface area contributed by atoms with Crippen molar-refractivity contribution < 1.29 is 22.7 Å². The molecule has 1 aromatic rings. The van der Waals surface area contributed by atoms with E-state index in [1.165, 1.54) is 7.05 Å². The zero-order valence-corrected chi connectivity index (χ0v) is 10.8. The second-order valence-corrected chi connectivity index (χ2v) is 5.39. The largest absolute Gasteiger partial charge is 0.435 e. The van der Waals surface area contributed by atoms with E-state index in [1.807, 2.05) is 0 Å². The average Bonchev–Trinajstić information content (AvgIpc) is 2.98. The highest BCUT2D eigenvalue weighted by Crippen LogP contribution is 2.54. The Morgan fingerprint density at radius 3 is 2.80 bits per heavy atom. The van der Waals surface area contributed by atoms with Crippen LogP contribution in [0.5, 0.6) is 0 Å². The number of rotatable bonds is 2. The molecule has 2 saturated heterocycles. The Hall–Kier alpha value is -1.57. The maximum Gasteiger partial charge on any atom is 0.435 e. The third kappa shape index (κ3) is 1.74. The fourth-order valence-corrected chi connectivity index (χ4v) is 3.38. The van der Waals surface area contributed by atoms with Crippen LogP contribution in [0.25, 0.3) is 0 Å². The predicted octanol–water partition coefficient (Wildman–Crippen LogP) is 1.32. The molecule has 1 amide bonds. The molecule has 1 aromatic heterocycles. The lowest BCUT2D eigenvalue weighted by atomic mass is 9.76. The molecule has 2 bridgehead atoms. The Balaban J connectivity index is 2.07. The molecule has 0 aliphatic carbocycles. The standard InChI is InChI=1S/C12H14F3N3O2/c1-18-9(5-8(17-18)12(13,14)15)11-3-2-6(20-11)4-7(11)10(16)19/h5-7H,2-4H2,1H3,(H2,16,19). The van der Waals surface area contributed by atoms with Crippen molar-refractivity contribution in [2.24, 2.45) is 18.7 Å². The van der Waals surface area contributed by atoms with Gasteiger partial charge >= 0.3 is 6.18 Å². The Morgan fingerprint density at radius 1 is 1.60 bits per heavy atom. The lowest BCUT2D eigenvalue weighted by Gasteiger charge is -2.30. The van der Waals surface area contributed by atoms with Crippen LogP contribution in [0.3, 0.4) is 0 Å². The fourth-order valence-electron chi connectivity index (χ4n) is 3.38. The minimum Gasteiger partial charge on any atom is -0.369 e. The molecule has 110 valence electrons. The molecule has 0 radical (unpaired) electrons. The Morgan fingerprint density at radius 2 is 2.30 bits per heavy atom. The molecular formula is C12H14F3N3O2. The van der Waals surface area contributed by atoms with E-state index in [2.05, 4.69) is 5.10 Å². The van der Waals surface area contributed by atoms with Gasteiger partial charge in [-0.3, -0.25) is 9.48 Å². The molecule has 2 aliphatic heterocycles. The van der Waals surface area contributed by atoms with Crippen molar-refractivity contribution in [3.63, 3.8) is 0 Å². The van der Waals surface area contributed by atoms with Crippen molar-refractivity contribution in [3.8, 4) is 0 Å². The first-order valence-electron chi connectivity index (χ1n) is 6.33. The summed E-state index contributed by atoms with van der Waals surface area (Å²) < 4.78 is 45.2. The molecule has 2 N–H and O–H groups in total. The molecule has 2 fully saturated rings. The molecule has 5 nitrogen and oxygen atoms in total. The van der Waals surface area contributed by atoms with Gasteiger partial charge in [0.15, 0.2) is 5.69 Å². The molecular weight excluding hydrogens is 275 g/mol. The number of fused-ring (bicyclic) bond motifs is 2. The number of hydrogen-bond donors (Lipinski definition) is 1. The molecule has 20 heavy (non-hydrogen) atoms. The maximum atomic E-state index is 12.8. The summed E-state index contributed by atoms with van der Waals surface area (Å²) in [6.45, 7) is 0. The number of alkyl halides is 3. The number of hydrogen-bond acceptors (Lipinski definition) is 3. The number of halogens is 3. The van der Waals surface area contributed by atoms with Gasteiger partial charge in [-0.05, 0) is 25.3 Å². The van der Waals surface area contributed by atoms with Gasteiger partial charge in [-0.1, -0.05) is 0 Å². The Labute approximate surface area is 112 Å². The minimum atomic E-state index is -4.52. The van der Waals surface area contributed by atoms with Crippen molar-refractivity contribution in [2.45, 2.75) is 37.1 Å². The predicted molar refractivity (Wildman–Crippen MR) is 61.3 cm³/mol. The van der Waals surface area contributed by atoms with Crippen molar-refractivity contribution in [1.82, 2.24) is 9.78 Å². The average molecular weight is 289 g/mol. The quantitative estimate of drug-likeness (QED) is 0.892. The van der Waals surface area contributed by atoms with Gasteiger partial charge < -0.3 is 10.5 Å². The zero-order chi connectivity index (χ0) is 14.7. The van der Waals surface area contributed by atoms with E-state index in [4.69, 9.17) is 10.5 Å². The smallest absolute Gasteiger partial charge is 0.369 e. The van der Waals surface area contributed by atoms with Crippen LogP contribution in [0.4, 0.5) is 13.2 Å². The number of ether oxygens (including phenoxy) is 1. The molecule has 3 unspecified atom stereocenters. The molecule has 3 heterocycles. The number of nitrogens with zero attached hydrogens (tertiary/aromatic N) is 2. The van der Waals surface area contributed by atoms with E-state index in [9.17, 15) is 18.0 Å². The van der Waals surface area contributed by atoms with Crippen LogP contribution in [0.1, 0.15) is 30.7 Å². The van der Waals surface area contributed by atoms with Gasteiger partial charge in [-0.25, -0.2) is 0 Å².